The second-order valence-corrected chi connectivity index (χ2v) is 7.14. The SMILES string of the molecule is CN1C(=O)C(NC(=O)c2n[nH]c3c2CC(C(F)(F)F)CC3)CCn2nccc21. The fraction of sp³-hybridized carbons (Fsp3) is 0.529. The van der Waals surface area contributed by atoms with Gasteiger partial charge in [0.05, 0.1) is 12.1 Å². The van der Waals surface area contributed by atoms with Crippen LogP contribution in [0.2, 0.25) is 0 Å². The molecule has 4 rings (SSSR count). The van der Waals surface area contributed by atoms with E-state index in [9.17, 15) is 22.8 Å². The predicted octanol–water partition coefficient (Wildman–Crippen LogP) is 1.44. The van der Waals surface area contributed by atoms with E-state index >= 15 is 0 Å². The summed E-state index contributed by atoms with van der Waals surface area (Å²) in [6, 6.07) is 0.886. The minimum Gasteiger partial charge on any atom is -0.339 e. The summed E-state index contributed by atoms with van der Waals surface area (Å²) in [4.78, 5) is 26.8. The van der Waals surface area contributed by atoms with Gasteiger partial charge in [-0.2, -0.15) is 23.4 Å². The van der Waals surface area contributed by atoms with Crippen LogP contribution in [0.5, 0.6) is 0 Å². The molecule has 2 aromatic heterocycles. The maximum absolute atomic E-state index is 13.1. The molecule has 2 atom stereocenters. The first-order chi connectivity index (χ1) is 13.3. The highest BCUT2D eigenvalue weighted by atomic mass is 19.4. The summed E-state index contributed by atoms with van der Waals surface area (Å²) in [5.74, 6) is -1.84. The maximum atomic E-state index is 13.1. The van der Waals surface area contributed by atoms with Crippen molar-refractivity contribution in [1.29, 1.82) is 0 Å². The van der Waals surface area contributed by atoms with E-state index in [1.807, 2.05) is 0 Å². The number of aryl methyl sites for hydroxylation is 2. The van der Waals surface area contributed by atoms with Gasteiger partial charge in [-0.25, -0.2) is 4.68 Å². The zero-order valence-electron chi connectivity index (χ0n) is 15.1. The highest BCUT2D eigenvalue weighted by Gasteiger charge is 2.43. The minimum absolute atomic E-state index is 0.0306. The first-order valence-corrected chi connectivity index (χ1v) is 8.98. The Labute approximate surface area is 158 Å². The second-order valence-electron chi connectivity index (χ2n) is 7.14. The number of hydrogen-bond donors (Lipinski definition) is 2. The number of H-pyrrole nitrogens is 1. The number of amides is 2. The van der Waals surface area contributed by atoms with Gasteiger partial charge in [-0.3, -0.25) is 19.6 Å². The molecule has 28 heavy (non-hydrogen) atoms. The van der Waals surface area contributed by atoms with Crippen molar-refractivity contribution >= 4 is 17.6 Å². The van der Waals surface area contributed by atoms with Gasteiger partial charge in [0, 0.05) is 30.9 Å². The summed E-state index contributed by atoms with van der Waals surface area (Å²) in [5, 5.41) is 13.4. The van der Waals surface area contributed by atoms with Crippen molar-refractivity contribution in [2.24, 2.45) is 5.92 Å². The number of aromatic nitrogens is 4. The zero-order chi connectivity index (χ0) is 20.1. The van der Waals surface area contributed by atoms with Gasteiger partial charge in [-0.1, -0.05) is 0 Å². The van der Waals surface area contributed by atoms with Crippen LogP contribution in [0.25, 0.3) is 0 Å². The molecule has 8 nitrogen and oxygen atoms in total. The first kappa shape index (κ1) is 18.5. The van der Waals surface area contributed by atoms with Gasteiger partial charge in [0.1, 0.15) is 11.9 Å². The summed E-state index contributed by atoms with van der Waals surface area (Å²) >= 11 is 0. The summed E-state index contributed by atoms with van der Waals surface area (Å²) in [6.07, 6.45) is -2.54. The lowest BCUT2D eigenvalue weighted by Gasteiger charge is -2.25. The molecule has 0 saturated carbocycles. The molecule has 1 aliphatic heterocycles. The van der Waals surface area contributed by atoms with E-state index in [0.717, 1.165) is 0 Å². The summed E-state index contributed by atoms with van der Waals surface area (Å²) < 4.78 is 40.9. The quantitative estimate of drug-likeness (QED) is 0.803. The number of rotatable bonds is 2. The fourth-order valence-electron chi connectivity index (χ4n) is 3.83. The smallest absolute Gasteiger partial charge is 0.339 e. The van der Waals surface area contributed by atoms with E-state index in [1.165, 1.54) is 4.90 Å². The Hall–Kier alpha value is -2.85. The average molecular weight is 396 g/mol. The van der Waals surface area contributed by atoms with Crippen molar-refractivity contribution in [3.63, 3.8) is 0 Å². The molecule has 2 amide bonds. The molecule has 2 aliphatic rings. The van der Waals surface area contributed by atoms with Crippen LogP contribution in [0.15, 0.2) is 12.3 Å². The van der Waals surface area contributed by atoms with Crippen molar-refractivity contribution in [3.8, 4) is 0 Å². The van der Waals surface area contributed by atoms with Gasteiger partial charge >= 0.3 is 6.18 Å². The number of anilines is 1. The molecule has 0 saturated heterocycles. The minimum atomic E-state index is -4.32. The topological polar surface area (TPSA) is 95.9 Å². The average Bonchev–Trinajstić information content (AvgIpc) is 3.26. The van der Waals surface area contributed by atoms with Crippen LogP contribution in [-0.4, -0.2) is 51.1 Å². The molecule has 1 aliphatic carbocycles. The lowest BCUT2D eigenvalue weighted by atomic mass is 9.86. The molecular weight excluding hydrogens is 377 g/mol. The molecule has 2 aromatic rings. The number of nitrogens with zero attached hydrogens (tertiary/aromatic N) is 4. The molecule has 2 unspecified atom stereocenters. The molecular formula is C17H19F3N6O2. The Morgan fingerprint density at radius 2 is 2.14 bits per heavy atom. The monoisotopic (exact) mass is 396 g/mol. The fourth-order valence-corrected chi connectivity index (χ4v) is 3.83. The van der Waals surface area contributed by atoms with Gasteiger partial charge in [0.15, 0.2) is 5.69 Å². The number of hydrogen-bond acceptors (Lipinski definition) is 4. The van der Waals surface area contributed by atoms with Crippen LogP contribution in [-0.2, 0) is 24.2 Å². The number of halogens is 3. The van der Waals surface area contributed by atoms with E-state index in [1.54, 1.807) is 24.0 Å². The van der Waals surface area contributed by atoms with Gasteiger partial charge in [-0.05, 0) is 25.7 Å². The normalized spacial score (nSPS) is 22.4. The van der Waals surface area contributed by atoms with Crippen LogP contribution >= 0.6 is 0 Å². The molecule has 11 heteroatoms. The van der Waals surface area contributed by atoms with E-state index in [-0.39, 0.29) is 36.4 Å². The first-order valence-electron chi connectivity index (χ1n) is 8.98. The number of nitrogens with one attached hydrogen (secondary N) is 2. The Morgan fingerprint density at radius 3 is 2.89 bits per heavy atom. The van der Waals surface area contributed by atoms with Crippen molar-refractivity contribution in [1.82, 2.24) is 25.3 Å². The van der Waals surface area contributed by atoms with Crippen LogP contribution in [0.4, 0.5) is 19.0 Å². The molecule has 0 radical (unpaired) electrons. The lowest BCUT2D eigenvalue weighted by Crippen LogP contribution is -2.47. The Kier molecular flexibility index (Phi) is 4.39. The number of fused-ring (bicyclic) bond motifs is 2. The van der Waals surface area contributed by atoms with Crippen LogP contribution in [0, 0.1) is 5.92 Å². The van der Waals surface area contributed by atoms with Crippen molar-refractivity contribution in [2.45, 2.75) is 44.4 Å². The van der Waals surface area contributed by atoms with Gasteiger partial charge in [0.2, 0.25) is 0 Å². The highest BCUT2D eigenvalue weighted by molar-refractivity contribution is 6.01. The summed E-state index contributed by atoms with van der Waals surface area (Å²) in [5.41, 5.74) is 0.768. The molecule has 3 heterocycles. The zero-order valence-corrected chi connectivity index (χ0v) is 15.1. The third-order valence-corrected chi connectivity index (χ3v) is 5.43. The highest BCUT2D eigenvalue weighted by Crippen LogP contribution is 2.37. The summed E-state index contributed by atoms with van der Waals surface area (Å²) in [7, 11) is 1.59. The van der Waals surface area contributed by atoms with Gasteiger partial charge < -0.3 is 5.32 Å². The van der Waals surface area contributed by atoms with Crippen molar-refractivity contribution < 1.29 is 22.8 Å². The van der Waals surface area contributed by atoms with E-state index in [4.69, 9.17) is 0 Å². The Morgan fingerprint density at radius 1 is 1.36 bits per heavy atom. The number of alkyl halides is 3. The number of carbonyl (C=O) groups excluding carboxylic acids is 2. The number of carbonyl (C=O) groups is 2. The number of likely N-dealkylation sites (N-methyl/N-ethyl adjacent to an activating group) is 1. The third kappa shape index (κ3) is 3.14. The maximum Gasteiger partial charge on any atom is 0.392 e. The molecule has 150 valence electrons. The molecule has 0 spiro atoms. The second kappa shape index (κ2) is 6.64. The van der Waals surface area contributed by atoms with Crippen LogP contribution in [0.1, 0.15) is 34.6 Å². The third-order valence-electron chi connectivity index (χ3n) is 5.43. The van der Waals surface area contributed by atoms with Crippen molar-refractivity contribution in [2.75, 3.05) is 11.9 Å². The van der Waals surface area contributed by atoms with Crippen LogP contribution < -0.4 is 10.2 Å². The van der Waals surface area contributed by atoms with E-state index < -0.39 is 24.0 Å². The van der Waals surface area contributed by atoms with Crippen LogP contribution in [0.3, 0.4) is 0 Å². The molecule has 0 bridgehead atoms. The molecule has 0 aromatic carbocycles. The van der Waals surface area contributed by atoms with Crippen molar-refractivity contribution in [3.05, 3.63) is 29.2 Å². The van der Waals surface area contributed by atoms with E-state index in [0.29, 0.717) is 24.5 Å². The van der Waals surface area contributed by atoms with Gasteiger partial charge in [0.25, 0.3) is 11.8 Å². The number of aromatic amines is 1. The lowest BCUT2D eigenvalue weighted by molar-refractivity contribution is -0.177. The van der Waals surface area contributed by atoms with Gasteiger partial charge in [-0.15, -0.1) is 0 Å². The predicted molar refractivity (Wildman–Crippen MR) is 91.7 cm³/mol. The molecule has 2 N–H and O–H groups in total. The Bertz CT molecular complexity index is 918. The largest absolute Gasteiger partial charge is 0.392 e. The summed E-state index contributed by atoms with van der Waals surface area (Å²) in [6.45, 7) is 0.429. The standard InChI is InChI=1S/C17H19F3N6O2/c1-25-13-4-6-21-26(13)7-5-12(16(25)28)22-15(27)14-10-8-9(17(18,19)20)2-3-11(10)23-24-14/h4,6,9,12H,2-3,5,7-8H2,1H3,(H,22,27)(H,23,24). The van der Waals surface area contributed by atoms with E-state index in [2.05, 4.69) is 20.6 Å². The Balaban J connectivity index is 1.52. The molecule has 0 fully saturated rings.